The Balaban J connectivity index is 1.30. The summed E-state index contributed by atoms with van der Waals surface area (Å²) < 4.78 is 0. The van der Waals surface area contributed by atoms with Crippen molar-refractivity contribution in [3.63, 3.8) is 0 Å². The Kier molecular flexibility index (Phi) is 6.10. The highest BCUT2D eigenvalue weighted by atomic mass is 15.2. The molecule has 1 aliphatic rings. The minimum atomic E-state index is 0.541. The Labute approximate surface area is 193 Å². The monoisotopic (exact) mass is 440 g/mol. The molecule has 8 nitrogen and oxygen atoms in total. The van der Waals surface area contributed by atoms with Crippen LogP contribution in [0.15, 0.2) is 60.9 Å². The molecule has 8 heteroatoms. The first-order valence-electron chi connectivity index (χ1n) is 11.2. The maximum atomic E-state index is 4.65. The Morgan fingerprint density at radius 2 is 1.82 bits per heavy atom. The van der Waals surface area contributed by atoms with Gasteiger partial charge in [-0.2, -0.15) is 15.2 Å². The van der Waals surface area contributed by atoms with Crippen molar-refractivity contribution in [2.24, 2.45) is 0 Å². The smallest absolute Gasteiger partial charge is 0.229 e. The second kappa shape index (κ2) is 9.48. The number of nitrogens with one attached hydrogen (secondary N) is 2. The van der Waals surface area contributed by atoms with E-state index in [-0.39, 0.29) is 0 Å². The third-order valence-electron chi connectivity index (χ3n) is 5.98. The Morgan fingerprint density at radius 3 is 2.70 bits per heavy atom. The maximum Gasteiger partial charge on any atom is 0.229 e. The average Bonchev–Trinajstić information content (AvgIpc) is 2.82. The van der Waals surface area contributed by atoms with Gasteiger partial charge in [-0.3, -0.25) is 4.90 Å². The lowest BCUT2D eigenvalue weighted by molar-refractivity contribution is 0.148. The van der Waals surface area contributed by atoms with Gasteiger partial charge in [0.25, 0.3) is 0 Å². The first-order valence-corrected chi connectivity index (χ1v) is 11.2. The molecule has 0 radical (unpaired) electrons. The van der Waals surface area contributed by atoms with Crippen LogP contribution in [-0.4, -0.2) is 63.2 Å². The van der Waals surface area contributed by atoms with Crippen LogP contribution in [0.4, 0.5) is 23.1 Å². The van der Waals surface area contributed by atoms with Gasteiger partial charge < -0.3 is 15.5 Å². The highest BCUT2D eigenvalue weighted by Gasteiger charge is 2.14. The number of nitrogens with zero attached hydrogens (tertiary/aromatic N) is 6. The fraction of sp³-hybridized carbons (Fsp3) is 0.280. The van der Waals surface area contributed by atoms with Crippen LogP contribution < -0.4 is 10.6 Å². The average molecular weight is 441 g/mol. The molecule has 1 fully saturated rings. The van der Waals surface area contributed by atoms with E-state index in [1.807, 2.05) is 37.3 Å². The molecule has 2 aromatic carbocycles. The van der Waals surface area contributed by atoms with Gasteiger partial charge in [-0.05, 0) is 43.3 Å². The molecule has 0 saturated carbocycles. The molecular weight excluding hydrogens is 412 g/mol. The molecule has 1 aliphatic heterocycles. The Morgan fingerprint density at radius 1 is 0.970 bits per heavy atom. The topological polar surface area (TPSA) is 82.1 Å². The number of piperazine rings is 1. The lowest BCUT2D eigenvalue weighted by Crippen LogP contribution is -2.43. The molecular formula is C25H28N8. The highest BCUT2D eigenvalue weighted by molar-refractivity contribution is 5.93. The fourth-order valence-electron chi connectivity index (χ4n) is 4.09. The van der Waals surface area contributed by atoms with Crippen molar-refractivity contribution in [1.29, 1.82) is 0 Å². The number of hydrogen-bond donors (Lipinski definition) is 2. The molecule has 2 N–H and O–H groups in total. The van der Waals surface area contributed by atoms with Gasteiger partial charge in [0.15, 0.2) is 0 Å². The standard InChI is InChI=1S/C25H28N8/c1-18-5-3-8-21-22(16-27-31-24(18)21)29-23-9-10-26-25(30-23)28-20-7-4-6-19(15-20)17-33-13-11-32(2)12-14-33/h3-10,15-16H,11-14,17H2,1-2H3,(H2,26,28,29,30,31). The molecule has 33 heavy (non-hydrogen) atoms. The number of anilines is 4. The molecule has 0 amide bonds. The van der Waals surface area contributed by atoms with Gasteiger partial charge in [-0.1, -0.05) is 30.3 Å². The van der Waals surface area contributed by atoms with Crippen molar-refractivity contribution < 1.29 is 0 Å². The van der Waals surface area contributed by atoms with Crippen LogP contribution in [-0.2, 0) is 6.54 Å². The fourth-order valence-corrected chi connectivity index (χ4v) is 4.09. The van der Waals surface area contributed by atoms with E-state index in [0.29, 0.717) is 11.8 Å². The normalized spacial score (nSPS) is 15.0. The van der Waals surface area contributed by atoms with Crippen molar-refractivity contribution in [1.82, 2.24) is 30.0 Å². The summed E-state index contributed by atoms with van der Waals surface area (Å²) in [6, 6.07) is 16.4. The van der Waals surface area contributed by atoms with Crippen LogP contribution in [0.1, 0.15) is 11.1 Å². The quantitative estimate of drug-likeness (QED) is 0.466. The lowest BCUT2D eigenvalue weighted by atomic mass is 10.1. The molecule has 0 unspecified atom stereocenters. The molecule has 0 atom stereocenters. The van der Waals surface area contributed by atoms with Gasteiger partial charge in [-0.15, -0.1) is 0 Å². The van der Waals surface area contributed by atoms with Crippen LogP contribution in [0, 0.1) is 6.92 Å². The number of fused-ring (bicyclic) bond motifs is 1. The third kappa shape index (κ3) is 5.08. The minimum Gasteiger partial charge on any atom is -0.338 e. The van der Waals surface area contributed by atoms with Gasteiger partial charge in [0, 0.05) is 50.0 Å². The third-order valence-corrected chi connectivity index (χ3v) is 5.98. The zero-order chi connectivity index (χ0) is 22.6. The summed E-state index contributed by atoms with van der Waals surface area (Å²) in [6.07, 6.45) is 3.46. The van der Waals surface area contributed by atoms with Crippen molar-refractivity contribution in [2.45, 2.75) is 13.5 Å². The number of aromatic nitrogens is 4. The van der Waals surface area contributed by atoms with Gasteiger partial charge >= 0.3 is 0 Å². The second-order valence-electron chi connectivity index (χ2n) is 8.52. The molecule has 4 aromatic rings. The number of aryl methyl sites for hydroxylation is 1. The van der Waals surface area contributed by atoms with E-state index in [0.717, 1.165) is 60.6 Å². The summed E-state index contributed by atoms with van der Waals surface area (Å²) in [4.78, 5) is 13.9. The van der Waals surface area contributed by atoms with Gasteiger partial charge in [0.1, 0.15) is 5.82 Å². The van der Waals surface area contributed by atoms with Gasteiger partial charge in [0.05, 0.1) is 17.4 Å². The molecule has 0 bridgehead atoms. The predicted molar refractivity (Wildman–Crippen MR) is 132 cm³/mol. The van der Waals surface area contributed by atoms with Crippen LogP contribution >= 0.6 is 0 Å². The summed E-state index contributed by atoms with van der Waals surface area (Å²) in [5, 5.41) is 16.1. The highest BCUT2D eigenvalue weighted by Crippen LogP contribution is 2.26. The van der Waals surface area contributed by atoms with E-state index in [2.05, 4.69) is 65.8 Å². The molecule has 168 valence electrons. The first kappa shape index (κ1) is 21.2. The number of benzene rings is 2. The van der Waals surface area contributed by atoms with E-state index in [1.165, 1.54) is 5.56 Å². The van der Waals surface area contributed by atoms with Gasteiger partial charge in [0.2, 0.25) is 5.95 Å². The van der Waals surface area contributed by atoms with E-state index >= 15 is 0 Å². The van der Waals surface area contributed by atoms with E-state index < -0.39 is 0 Å². The van der Waals surface area contributed by atoms with Crippen molar-refractivity contribution in [2.75, 3.05) is 43.9 Å². The predicted octanol–water partition coefficient (Wildman–Crippen LogP) is 3.96. The summed E-state index contributed by atoms with van der Waals surface area (Å²) in [5.41, 5.74) is 5.09. The Bertz CT molecular complexity index is 1250. The van der Waals surface area contributed by atoms with E-state index in [9.17, 15) is 0 Å². The zero-order valence-corrected chi connectivity index (χ0v) is 19.0. The molecule has 0 spiro atoms. The minimum absolute atomic E-state index is 0.541. The van der Waals surface area contributed by atoms with Crippen molar-refractivity contribution >= 4 is 34.0 Å². The molecule has 3 heterocycles. The van der Waals surface area contributed by atoms with E-state index in [1.54, 1.807) is 12.4 Å². The molecule has 5 rings (SSSR count). The first-order chi connectivity index (χ1) is 16.1. The van der Waals surface area contributed by atoms with E-state index in [4.69, 9.17) is 0 Å². The van der Waals surface area contributed by atoms with Crippen LogP contribution in [0.3, 0.4) is 0 Å². The second-order valence-corrected chi connectivity index (χ2v) is 8.52. The number of rotatable bonds is 6. The van der Waals surface area contributed by atoms with Crippen molar-refractivity contribution in [3.8, 4) is 0 Å². The summed E-state index contributed by atoms with van der Waals surface area (Å²) >= 11 is 0. The summed E-state index contributed by atoms with van der Waals surface area (Å²) in [6.45, 7) is 7.42. The van der Waals surface area contributed by atoms with Crippen LogP contribution in [0.2, 0.25) is 0 Å². The lowest BCUT2D eigenvalue weighted by Gasteiger charge is -2.32. The molecule has 2 aromatic heterocycles. The Hall–Kier alpha value is -3.62. The molecule has 1 saturated heterocycles. The number of hydrogen-bond acceptors (Lipinski definition) is 8. The zero-order valence-electron chi connectivity index (χ0n) is 19.0. The molecule has 0 aliphatic carbocycles. The maximum absolute atomic E-state index is 4.65. The van der Waals surface area contributed by atoms with Crippen LogP contribution in [0.25, 0.3) is 10.9 Å². The summed E-state index contributed by atoms with van der Waals surface area (Å²) in [7, 11) is 2.18. The van der Waals surface area contributed by atoms with Gasteiger partial charge in [-0.25, -0.2) is 4.98 Å². The summed E-state index contributed by atoms with van der Waals surface area (Å²) in [5.74, 6) is 1.23. The van der Waals surface area contributed by atoms with Crippen molar-refractivity contribution in [3.05, 3.63) is 72.1 Å². The SMILES string of the molecule is Cc1cccc2c(Nc3ccnc(Nc4cccc(CN5CCN(C)CC5)c4)n3)cnnc12. The largest absolute Gasteiger partial charge is 0.338 e. The number of likely N-dealkylation sites (N-methyl/N-ethyl adjacent to an activating group) is 1. The van der Waals surface area contributed by atoms with Crippen LogP contribution in [0.5, 0.6) is 0 Å².